The molecule has 0 aliphatic carbocycles. The summed E-state index contributed by atoms with van der Waals surface area (Å²) in [6.45, 7) is 2.06. The Balaban J connectivity index is 1.69. The summed E-state index contributed by atoms with van der Waals surface area (Å²) in [6, 6.07) is 14.4. The molecule has 0 radical (unpaired) electrons. The molecule has 1 atom stereocenters. The highest BCUT2D eigenvalue weighted by molar-refractivity contribution is 6.84. The Morgan fingerprint density at radius 3 is 2.50 bits per heavy atom. The van der Waals surface area contributed by atoms with Crippen molar-refractivity contribution in [3.8, 4) is 5.75 Å². The number of rotatable bonds is 10. The fraction of sp³-hybridized carbons (Fsp3) is 0.348. The normalized spacial score (nSPS) is 18.1. The van der Waals surface area contributed by atoms with Crippen molar-refractivity contribution >= 4 is 28.5 Å². The second kappa shape index (κ2) is 9.87. The van der Waals surface area contributed by atoms with Crippen molar-refractivity contribution in [1.82, 2.24) is 0 Å². The van der Waals surface area contributed by atoms with Crippen molar-refractivity contribution in [1.29, 1.82) is 0 Å². The Bertz CT molecular complexity index is 956. The predicted molar refractivity (Wildman–Crippen MR) is 118 cm³/mol. The van der Waals surface area contributed by atoms with Crippen molar-refractivity contribution in [2.45, 2.75) is 44.9 Å². The van der Waals surface area contributed by atoms with Gasteiger partial charge < -0.3 is 14.9 Å². The minimum absolute atomic E-state index is 0.173. The second-order valence-electron chi connectivity index (χ2n) is 7.28. The van der Waals surface area contributed by atoms with Gasteiger partial charge in [0, 0.05) is 12.0 Å². The lowest BCUT2D eigenvalue weighted by atomic mass is 9.95. The van der Waals surface area contributed by atoms with Crippen LogP contribution < -0.4 is 4.74 Å². The molecular formula is C23H25ClN2O4. The Kier molecular flexibility index (Phi) is 7.24. The van der Waals surface area contributed by atoms with E-state index in [1.807, 2.05) is 24.3 Å². The van der Waals surface area contributed by atoms with Crippen LogP contribution in [0.4, 0.5) is 0 Å². The average Bonchev–Trinajstić information content (AvgIpc) is 3.07. The Hall–Kier alpha value is -2.70. The number of carboxylic acids is 1. The van der Waals surface area contributed by atoms with Crippen LogP contribution in [0.1, 0.15) is 47.7 Å². The highest BCUT2D eigenvalue weighted by Crippen LogP contribution is 2.32. The number of nitrogens with zero attached hydrogens (tertiary/aromatic N) is 2. The van der Waals surface area contributed by atoms with Crippen molar-refractivity contribution in [2.24, 2.45) is 9.98 Å². The highest BCUT2D eigenvalue weighted by Gasteiger charge is 2.35. The molecule has 0 bridgehead atoms. The van der Waals surface area contributed by atoms with Gasteiger partial charge in [0.2, 0.25) is 0 Å². The van der Waals surface area contributed by atoms with Crippen LogP contribution in [-0.2, 0) is 13.0 Å². The molecule has 158 valence electrons. The molecule has 2 aromatic carbocycles. The zero-order chi connectivity index (χ0) is 21.6. The quantitative estimate of drug-likeness (QED) is 0.583. The van der Waals surface area contributed by atoms with Gasteiger partial charge in [0.25, 0.3) is 0 Å². The zero-order valence-corrected chi connectivity index (χ0v) is 17.6. The fourth-order valence-corrected chi connectivity index (χ4v) is 3.71. The molecule has 7 heteroatoms. The summed E-state index contributed by atoms with van der Waals surface area (Å²) in [6.07, 6.45) is 3.31. The van der Waals surface area contributed by atoms with Gasteiger partial charge in [-0.2, -0.15) is 0 Å². The first-order valence-corrected chi connectivity index (χ1v) is 10.3. The molecule has 3 rings (SSSR count). The lowest BCUT2D eigenvalue weighted by molar-refractivity contribution is 0.0694. The minimum Gasteiger partial charge on any atom is -0.489 e. The minimum atomic E-state index is -0.972. The molecular weight excluding hydrogens is 404 g/mol. The van der Waals surface area contributed by atoms with Crippen LogP contribution in [0.5, 0.6) is 5.75 Å². The molecule has 6 nitrogen and oxygen atoms in total. The van der Waals surface area contributed by atoms with Gasteiger partial charge in [-0.3, -0.25) is 4.99 Å². The molecule has 1 aliphatic rings. The van der Waals surface area contributed by atoms with Gasteiger partial charge >= 0.3 is 5.97 Å². The van der Waals surface area contributed by atoms with E-state index in [1.54, 1.807) is 24.3 Å². The van der Waals surface area contributed by atoms with Crippen LogP contribution in [0.2, 0.25) is 0 Å². The van der Waals surface area contributed by atoms with E-state index in [0.717, 1.165) is 24.8 Å². The van der Waals surface area contributed by atoms with E-state index in [1.165, 1.54) is 0 Å². The van der Waals surface area contributed by atoms with Crippen LogP contribution in [0.25, 0.3) is 0 Å². The molecule has 2 N–H and O–H groups in total. The Labute approximate surface area is 180 Å². The van der Waals surface area contributed by atoms with E-state index >= 15 is 0 Å². The number of halogens is 1. The third-order valence-corrected chi connectivity index (χ3v) is 5.32. The number of unbranched alkanes of at least 4 members (excludes halogenated alkanes) is 1. The SMILES string of the molecule is CCCCC1(Cc2ccc(OCc3ccccc3C(=O)O)cc2)N=C(Cl)C(CO)=N1. The first-order valence-electron chi connectivity index (χ1n) is 9.94. The van der Waals surface area contributed by atoms with Gasteiger partial charge in [0.05, 0.1) is 12.2 Å². The number of carbonyl (C=O) groups is 1. The first kappa shape index (κ1) is 22.0. The smallest absolute Gasteiger partial charge is 0.336 e. The van der Waals surface area contributed by atoms with E-state index in [9.17, 15) is 15.0 Å². The van der Waals surface area contributed by atoms with E-state index in [-0.39, 0.29) is 23.9 Å². The monoisotopic (exact) mass is 428 g/mol. The Morgan fingerprint density at radius 1 is 1.13 bits per heavy atom. The predicted octanol–water partition coefficient (Wildman–Crippen LogP) is 4.48. The lowest BCUT2D eigenvalue weighted by Gasteiger charge is -2.23. The lowest BCUT2D eigenvalue weighted by Crippen LogP contribution is -2.25. The zero-order valence-electron chi connectivity index (χ0n) is 16.8. The maximum absolute atomic E-state index is 11.3. The van der Waals surface area contributed by atoms with Gasteiger partial charge in [-0.1, -0.05) is 55.3 Å². The molecule has 0 saturated heterocycles. The maximum atomic E-state index is 11.3. The number of benzene rings is 2. The van der Waals surface area contributed by atoms with Crippen LogP contribution >= 0.6 is 11.6 Å². The number of aliphatic hydroxyl groups is 1. The summed E-state index contributed by atoms with van der Waals surface area (Å²) >= 11 is 6.16. The standard InChI is InChI=1S/C23H25ClN2O4/c1-2-3-12-23(25-20(14-27)21(24)26-23)13-16-8-10-18(11-9-16)30-15-17-6-4-5-7-19(17)22(28)29/h4-11,27H,2-3,12-15H2,1H3,(H,28,29). The summed E-state index contributed by atoms with van der Waals surface area (Å²) in [7, 11) is 0. The second-order valence-corrected chi connectivity index (χ2v) is 7.63. The summed E-state index contributed by atoms with van der Waals surface area (Å²) in [5.74, 6) is -0.324. The third-order valence-electron chi connectivity index (χ3n) is 5.02. The largest absolute Gasteiger partial charge is 0.489 e. The number of hydrogen-bond acceptors (Lipinski definition) is 5. The molecule has 0 saturated carbocycles. The number of aliphatic imine (C=N–C) groups is 2. The molecule has 0 aromatic heterocycles. The van der Waals surface area contributed by atoms with Gasteiger partial charge in [-0.05, 0) is 36.6 Å². The van der Waals surface area contributed by atoms with Gasteiger partial charge in [-0.25, -0.2) is 9.79 Å². The van der Waals surface area contributed by atoms with E-state index in [0.29, 0.717) is 23.4 Å². The van der Waals surface area contributed by atoms with E-state index in [4.69, 9.17) is 16.3 Å². The first-order chi connectivity index (χ1) is 14.5. The molecule has 1 heterocycles. The van der Waals surface area contributed by atoms with Gasteiger partial charge in [-0.15, -0.1) is 0 Å². The van der Waals surface area contributed by atoms with Crippen LogP contribution in [-0.4, -0.2) is 39.3 Å². The molecule has 0 fully saturated rings. The molecule has 30 heavy (non-hydrogen) atoms. The summed E-state index contributed by atoms with van der Waals surface area (Å²) in [5.41, 5.74) is 1.65. The summed E-state index contributed by atoms with van der Waals surface area (Å²) in [4.78, 5) is 20.5. The van der Waals surface area contributed by atoms with Gasteiger partial charge in [0.15, 0.2) is 5.66 Å². The number of aliphatic hydroxyl groups excluding tert-OH is 1. The highest BCUT2D eigenvalue weighted by atomic mass is 35.5. The van der Waals surface area contributed by atoms with Crippen molar-refractivity contribution in [3.63, 3.8) is 0 Å². The number of ether oxygens (including phenoxy) is 1. The number of aromatic carboxylic acids is 1. The maximum Gasteiger partial charge on any atom is 0.336 e. The topological polar surface area (TPSA) is 91.5 Å². The number of carboxylic acid groups (broad SMARTS) is 1. The summed E-state index contributed by atoms with van der Waals surface area (Å²) in [5, 5.41) is 19.0. The fourth-order valence-electron chi connectivity index (χ4n) is 3.46. The van der Waals surface area contributed by atoms with Crippen LogP contribution in [0, 0.1) is 0 Å². The third kappa shape index (κ3) is 5.26. The van der Waals surface area contributed by atoms with Crippen molar-refractivity contribution < 1.29 is 19.7 Å². The van der Waals surface area contributed by atoms with Crippen molar-refractivity contribution in [2.75, 3.05) is 6.61 Å². The summed E-state index contributed by atoms with van der Waals surface area (Å²) < 4.78 is 5.78. The molecule has 1 aliphatic heterocycles. The van der Waals surface area contributed by atoms with Crippen LogP contribution in [0.15, 0.2) is 58.5 Å². The van der Waals surface area contributed by atoms with Crippen molar-refractivity contribution in [3.05, 3.63) is 65.2 Å². The van der Waals surface area contributed by atoms with E-state index < -0.39 is 11.6 Å². The molecule has 2 aromatic rings. The van der Waals surface area contributed by atoms with E-state index in [2.05, 4.69) is 16.9 Å². The number of hydrogen-bond donors (Lipinski definition) is 2. The Morgan fingerprint density at radius 2 is 1.87 bits per heavy atom. The van der Waals surface area contributed by atoms with Crippen LogP contribution in [0.3, 0.4) is 0 Å². The molecule has 1 unspecified atom stereocenters. The average molecular weight is 429 g/mol. The molecule has 0 amide bonds. The molecule has 0 spiro atoms. The van der Waals surface area contributed by atoms with Gasteiger partial charge in [0.1, 0.15) is 23.2 Å².